The number of rotatable bonds is 11. The van der Waals surface area contributed by atoms with Gasteiger partial charge in [-0.3, -0.25) is 0 Å². The third-order valence-electron chi connectivity index (χ3n) is 4.73. The van der Waals surface area contributed by atoms with Crippen molar-refractivity contribution in [3.63, 3.8) is 0 Å². The van der Waals surface area contributed by atoms with Crippen LogP contribution in [-0.2, 0) is 16.3 Å². The fourth-order valence-corrected chi connectivity index (χ4v) is 4.36. The number of ether oxygens (including phenoxy) is 2. The van der Waals surface area contributed by atoms with Crippen molar-refractivity contribution in [1.82, 2.24) is 5.32 Å². The van der Waals surface area contributed by atoms with Gasteiger partial charge in [0.25, 0.3) is 0 Å². The molecule has 172 valence electrons. The summed E-state index contributed by atoms with van der Waals surface area (Å²) in [5.41, 5.74) is 0.900. The summed E-state index contributed by atoms with van der Waals surface area (Å²) in [5.74, 6) is 1.33. The average Bonchev–Trinajstić information content (AvgIpc) is 2.81. The quantitative estimate of drug-likeness (QED) is 0.411. The van der Waals surface area contributed by atoms with E-state index in [1.807, 2.05) is 36.4 Å². The van der Waals surface area contributed by atoms with Gasteiger partial charge >= 0.3 is 0 Å². The van der Waals surface area contributed by atoms with Gasteiger partial charge in [-0.1, -0.05) is 30.3 Å². The lowest BCUT2D eigenvalue weighted by atomic mass is 10.1. The van der Waals surface area contributed by atoms with Crippen molar-refractivity contribution >= 4 is 22.2 Å². The van der Waals surface area contributed by atoms with Crippen LogP contribution in [0.15, 0.2) is 88.7 Å². The van der Waals surface area contributed by atoms with E-state index in [-0.39, 0.29) is 28.8 Å². The van der Waals surface area contributed by atoms with Gasteiger partial charge in [-0.05, 0) is 67.1 Å². The van der Waals surface area contributed by atoms with Gasteiger partial charge < -0.3 is 19.9 Å². The Balaban J connectivity index is 0.00000363. The molecule has 0 aliphatic carbocycles. The van der Waals surface area contributed by atoms with Crippen LogP contribution in [0.1, 0.15) is 5.56 Å². The van der Waals surface area contributed by atoms with Crippen molar-refractivity contribution in [3.8, 4) is 11.5 Å². The minimum Gasteiger partial charge on any atom is -0.497 e. The summed E-state index contributed by atoms with van der Waals surface area (Å²) in [6.07, 6.45) is 0.0000918. The van der Waals surface area contributed by atoms with Crippen molar-refractivity contribution in [2.24, 2.45) is 0 Å². The second-order valence-electron chi connectivity index (χ2n) is 7.06. The minimum atomic E-state index is -3.60. The number of benzene rings is 3. The molecule has 0 saturated heterocycles. The normalized spacial score (nSPS) is 11.9. The first-order valence-corrected chi connectivity index (χ1v) is 11.5. The highest BCUT2D eigenvalue weighted by Gasteiger charge is 2.18. The lowest BCUT2D eigenvalue weighted by Crippen LogP contribution is -2.32. The average molecular weight is 478 g/mol. The summed E-state index contributed by atoms with van der Waals surface area (Å²) in [5, 5.41) is 13.2. The van der Waals surface area contributed by atoms with E-state index in [1.54, 1.807) is 42.5 Å². The van der Waals surface area contributed by atoms with Gasteiger partial charge in [-0.25, -0.2) is 8.42 Å². The number of halogens is 1. The maximum atomic E-state index is 12.9. The van der Waals surface area contributed by atoms with Crippen molar-refractivity contribution < 1.29 is 23.0 Å². The van der Waals surface area contributed by atoms with Gasteiger partial charge in [0.1, 0.15) is 24.2 Å². The number of hydrogen-bond donors (Lipinski definition) is 2. The fraction of sp³-hybridized carbons (Fsp3) is 0.250. The van der Waals surface area contributed by atoms with Crippen LogP contribution < -0.4 is 14.8 Å². The van der Waals surface area contributed by atoms with Gasteiger partial charge in [-0.2, -0.15) is 0 Å². The SMILES string of the molecule is COc1ccc(S(=O)(=O)c2cccc(CCNC[C@H](O)COc3ccccc3)c2)cc1.Cl. The molecule has 0 aliphatic heterocycles. The second-order valence-corrected chi connectivity index (χ2v) is 9.01. The van der Waals surface area contributed by atoms with E-state index in [0.717, 1.165) is 11.3 Å². The molecule has 0 heterocycles. The second kappa shape index (κ2) is 12.5. The van der Waals surface area contributed by atoms with Crippen LogP contribution in [0.2, 0.25) is 0 Å². The summed E-state index contributed by atoms with van der Waals surface area (Å²) in [6, 6.07) is 22.6. The maximum absolute atomic E-state index is 12.9. The molecule has 8 heteroatoms. The van der Waals surface area contributed by atoms with Gasteiger partial charge in [0, 0.05) is 6.54 Å². The molecule has 0 aromatic heterocycles. The standard InChI is InChI=1S/C24H27NO5S.ClH/c1-29-21-10-12-23(13-11-21)31(27,28)24-9-5-6-19(16-24)14-15-25-17-20(26)18-30-22-7-3-2-4-8-22;/h2-13,16,20,25-26H,14-15,17-18H2,1H3;1H/t20-;/m0./s1. The van der Waals surface area contributed by atoms with Crippen molar-refractivity contribution in [2.75, 3.05) is 26.8 Å². The third kappa shape index (κ3) is 7.24. The number of hydrogen-bond acceptors (Lipinski definition) is 6. The molecule has 0 amide bonds. The van der Waals surface area contributed by atoms with Gasteiger partial charge in [0.2, 0.25) is 9.84 Å². The molecular formula is C24H28ClNO5S. The maximum Gasteiger partial charge on any atom is 0.206 e. The number of sulfone groups is 1. The molecule has 32 heavy (non-hydrogen) atoms. The van der Waals surface area contributed by atoms with E-state index in [1.165, 1.54) is 7.11 Å². The highest BCUT2D eigenvalue weighted by Crippen LogP contribution is 2.23. The van der Waals surface area contributed by atoms with E-state index < -0.39 is 15.9 Å². The number of nitrogens with one attached hydrogen (secondary N) is 1. The molecular weight excluding hydrogens is 450 g/mol. The van der Waals surface area contributed by atoms with E-state index in [9.17, 15) is 13.5 Å². The Bertz CT molecular complexity index is 1060. The molecule has 0 aliphatic rings. The van der Waals surface area contributed by atoms with E-state index >= 15 is 0 Å². The van der Waals surface area contributed by atoms with Gasteiger partial charge in [0.05, 0.1) is 16.9 Å². The van der Waals surface area contributed by atoms with E-state index in [4.69, 9.17) is 9.47 Å². The summed E-state index contributed by atoms with van der Waals surface area (Å²) >= 11 is 0. The Morgan fingerprint density at radius 3 is 2.31 bits per heavy atom. The number of aliphatic hydroxyl groups excluding tert-OH is 1. The number of methoxy groups -OCH3 is 1. The molecule has 0 bridgehead atoms. The van der Waals surface area contributed by atoms with Crippen molar-refractivity contribution in [3.05, 3.63) is 84.4 Å². The van der Waals surface area contributed by atoms with Crippen LogP contribution in [0.5, 0.6) is 11.5 Å². The topological polar surface area (TPSA) is 84.9 Å². The van der Waals surface area contributed by atoms with Crippen LogP contribution in [0.3, 0.4) is 0 Å². The van der Waals surface area contributed by atoms with Crippen LogP contribution in [0.25, 0.3) is 0 Å². The molecule has 3 aromatic rings. The van der Waals surface area contributed by atoms with Crippen LogP contribution in [0.4, 0.5) is 0 Å². The summed E-state index contributed by atoms with van der Waals surface area (Å²) < 4.78 is 36.4. The highest BCUT2D eigenvalue weighted by atomic mass is 35.5. The molecule has 2 N–H and O–H groups in total. The zero-order valence-corrected chi connectivity index (χ0v) is 19.4. The monoisotopic (exact) mass is 477 g/mol. The summed E-state index contributed by atoms with van der Waals surface area (Å²) in [6.45, 7) is 1.19. The van der Waals surface area contributed by atoms with Gasteiger partial charge in [0.15, 0.2) is 0 Å². The molecule has 0 radical (unpaired) electrons. The lowest BCUT2D eigenvalue weighted by Gasteiger charge is -2.13. The lowest BCUT2D eigenvalue weighted by molar-refractivity contribution is 0.106. The first-order chi connectivity index (χ1) is 15.0. The Hall–Kier alpha value is -2.58. The number of aliphatic hydroxyl groups is 1. The Morgan fingerprint density at radius 2 is 1.62 bits per heavy atom. The summed E-state index contributed by atoms with van der Waals surface area (Å²) in [4.78, 5) is 0.483. The van der Waals surface area contributed by atoms with E-state index in [2.05, 4.69) is 5.32 Å². The Kier molecular flexibility index (Phi) is 9.99. The molecule has 0 spiro atoms. The predicted octanol–water partition coefficient (Wildman–Crippen LogP) is 3.52. The first kappa shape index (κ1) is 25.7. The van der Waals surface area contributed by atoms with Crippen LogP contribution >= 0.6 is 12.4 Å². The van der Waals surface area contributed by atoms with Crippen molar-refractivity contribution in [1.29, 1.82) is 0 Å². The molecule has 3 aromatic carbocycles. The van der Waals surface area contributed by atoms with Crippen molar-refractivity contribution in [2.45, 2.75) is 22.3 Å². The predicted molar refractivity (Wildman–Crippen MR) is 127 cm³/mol. The molecule has 3 rings (SSSR count). The third-order valence-corrected chi connectivity index (χ3v) is 6.50. The Morgan fingerprint density at radius 1 is 0.906 bits per heavy atom. The zero-order chi connectivity index (χ0) is 22.1. The fourth-order valence-electron chi connectivity index (χ4n) is 3.03. The zero-order valence-electron chi connectivity index (χ0n) is 17.8. The number of para-hydroxylation sites is 1. The van der Waals surface area contributed by atoms with Crippen LogP contribution in [-0.4, -0.2) is 46.4 Å². The molecule has 6 nitrogen and oxygen atoms in total. The summed E-state index contributed by atoms with van der Waals surface area (Å²) in [7, 11) is -2.06. The molecule has 0 unspecified atom stereocenters. The highest BCUT2D eigenvalue weighted by molar-refractivity contribution is 7.91. The smallest absolute Gasteiger partial charge is 0.206 e. The molecule has 0 fully saturated rings. The first-order valence-electron chi connectivity index (χ1n) is 10.0. The largest absolute Gasteiger partial charge is 0.497 e. The molecule has 1 atom stereocenters. The Labute approximate surface area is 195 Å². The van der Waals surface area contributed by atoms with Crippen LogP contribution in [0, 0.1) is 0 Å². The van der Waals surface area contributed by atoms with Gasteiger partial charge in [-0.15, -0.1) is 12.4 Å². The molecule has 0 saturated carbocycles. The minimum absolute atomic E-state index is 0. The van der Waals surface area contributed by atoms with E-state index in [0.29, 0.717) is 25.3 Å².